The van der Waals surface area contributed by atoms with Gasteiger partial charge in [-0.25, -0.2) is 0 Å². The van der Waals surface area contributed by atoms with Gasteiger partial charge in [0.05, 0.1) is 12.2 Å². The second kappa shape index (κ2) is 6.15. The molecular weight excluding hydrogens is 286 g/mol. The molecule has 1 aliphatic heterocycles. The number of phenols is 1. The molecule has 3 nitrogen and oxygen atoms in total. The minimum absolute atomic E-state index is 0.0900. The van der Waals surface area contributed by atoms with Crippen molar-refractivity contribution in [2.24, 2.45) is 0 Å². The summed E-state index contributed by atoms with van der Waals surface area (Å²) in [4.78, 5) is 2.36. The summed E-state index contributed by atoms with van der Waals surface area (Å²) in [7, 11) is 0. The molecule has 0 amide bonds. The van der Waals surface area contributed by atoms with E-state index in [-0.39, 0.29) is 11.9 Å². The fourth-order valence-electron chi connectivity index (χ4n) is 3.23. The van der Waals surface area contributed by atoms with Crippen LogP contribution in [-0.2, 0) is 6.42 Å². The van der Waals surface area contributed by atoms with Crippen LogP contribution in [0.3, 0.4) is 0 Å². The van der Waals surface area contributed by atoms with Crippen LogP contribution in [0.5, 0.6) is 11.5 Å². The first-order chi connectivity index (χ1) is 10.9. The lowest BCUT2D eigenvalue weighted by Gasteiger charge is -2.39. The van der Waals surface area contributed by atoms with Gasteiger partial charge in [-0.3, -0.25) is 0 Å². The molecule has 0 aliphatic carbocycles. The van der Waals surface area contributed by atoms with Crippen LogP contribution < -0.4 is 9.64 Å². The zero-order chi connectivity index (χ0) is 16.6. The van der Waals surface area contributed by atoms with Gasteiger partial charge in [-0.05, 0) is 51.0 Å². The number of hydrogen-bond donors (Lipinski definition) is 1. The molecule has 1 unspecified atom stereocenters. The van der Waals surface area contributed by atoms with Gasteiger partial charge in [-0.2, -0.15) is 0 Å². The molecule has 2 aromatic rings. The van der Waals surface area contributed by atoms with Crippen LogP contribution in [0.25, 0.3) is 0 Å². The Kier molecular flexibility index (Phi) is 4.20. The number of phenolic OH excluding ortho intramolecular Hbond substituents is 1. The highest BCUT2D eigenvalue weighted by Gasteiger charge is 2.28. The van der Waals surface area contributed by atoms with Gasteiger partial charge in [0.1, 0.15) is 17.6 Å². The number of fused-ring (bicyclic) bond motifs is 1. The van der Waals surface area contributed by atoms with Crippen molar-refractivity contribution in [3.63, 3.8) is 0 Å². The predicted octanol–water partition coefficient (Wildman–Crippen LogP) is 4.23. The van der Waals surface area contributed by atoms with E-state index in [9.17, 15) is 5.11 Å². The number of hydrogen-bond acceptors (Lipinski definition) is 3. The van der Waals surface area contributed by atoms with E-state index >= 15 is 0 Å². The number of aryl methyl sites for hydroxylation is 2. The summed E-state index contributed by atoms with van der Waals surface area (Å²) in [5.41, 5.74) is 4.98. The summed E-state index contributed by atoms with van der Waals surface area (Å²) in [5.74, 6) is 1.03. The SMILES string of the molecule is Cc1ccc(C)c(CC2CN(C(C)C)c3ccc(O)cc3O2)c1. The summed E-state index contributed by atoms with van der Waals surface area (Å²) in [6.07, 6.45) is 0.971. The van der Waals surface area contributed by atoms with Crippen LogP contribution in [0.1, 0.15) is 30.5 Å². The Hall–Kier alpha value is -2.16. The maximum Gasteiger partial charge on any atom is 0.146 e. The van der Waals surface area contributed by atoms with Gasteiger partial charge < -0.3 is 14.7 Å². The average molecular weight is 311 g/mol. The minimum atomic E-state index is 0.0900. The van der Waals surface area contributed by atoms with Crippen molar-refractivity contribution >= 4 is 5.69 Å². The van der Waals surface area contributed by atoms with E-state index in [0.717, 1.165) is 24.4 Å². The van der Waals surface area contributed by atoms with Gasteiger partial charge in [0.25, 0.3) is 0 Å². The highest BCUT2D eigenvalue weighted by molar-refractivity contribution is 5.63. The number of ether oxygens (including phenoxy) is 1. The minimum Gasteiger partial charge on any atom is -0.508 e. The van der Waals surface area contributed by atoms with E-state index in [1.165, 1.54) is 16.7 Å². The molecule has 2 aromatic carbocycles. The third-order valence-electron chi connectivity index (χ3n) is 4.52. The number of nitrogens with zero attached hydrogens (tertiary/aromatic N) is 1. The molecule has 0 radical (unpaired) electrons. The smallest absolute Gasteiger partial charge is 0.146 e. The highest BCUT2D eigenvalue weighted by atomic mass is 16.5. The van der Waals surface area contributed by atoms with E-state index < -0.39 is 0 Å². The van der Waals surface area contributed by atoms with Crippen LogP contribution in [-0.4, -0.2) is 23.8 Å². The topological polar surface area (TPSA) is 32.7 Å². The van der Waals surface area contributed by atoms with Crippen LogP contribution in [0.2, 0.25) is 0 Å². The van der Waals surface area contributed by atoms with E-state index in [1.54, 1.807) is 12.1 Å². The quantitative estimate of drug-likeness (QED) is 0.921. The molecule has 0 bridgehead atoms. The Balaban J connectivity index is 1.89. The monoisotopic (exact) mass is 311 g/mol. The number of benzene rings is 2. The Bertz CT molecular complexity index is 709. The van der Waals surface area contributed by atoms with E-state index in [2.05, 4.69) is 50.8 Å². The van der Waals surface area contributed by atoms with E-state index in [0.29, 0.717) is 6.04 Å². The van der Waals surface area contributed by atoms with Crippen molar-refractivity contribution < 1.29 is 9.84 Å². The third-order valence-corrected chi connectivity index (χ3v) is 4.52. The Morgan fingerprint density at radius 3 is 2.70 bits per heavy atom. The van der Waals surface area contributed by atoms with Crippen LogP contribution in [0, 0.1) is 13.8 Å². The number of anilines is 1. The van der Waals surface area contributed by atoms with Gasteiger partial charge in [0, 0.05) is 18.5 Å². The normalized spacial score (nSPS) is 17.1. The molecule has 3 heteroatoms. The lowest BCUT2D eigenvalue weighted by atomic mass is 9.98. The third kappa shape index (κ3) is 3.29. The summed E-state index contributed by atoms with van der Waals surface area (Å²) in [5, 5.41) is 9.77. The van der Waals surface area contributed by atoms with Gasteiger partial charge in [-0.1, -0.05) is 23.8 Å². The summed E-state index contributed by atoms with van der Waals surface area (Å²) in [6, 6.07) is 12.3. The maximum atomic E-state index is 9.77. The predicted molar refractivity (Wildman–Crippen MR) is 94.6 cm³/mol. The standard InChI is InChI=1S/C20H25NO2/c1-13(2)21-12-18(10-16-9-14(3)5-6-15(16)4)23-20-11-17(22)7-8-19(20)21/h5-9,11,13,18,22H,10,12H2,1-4H3. The Morgan fingerprint density at radius 2 is 1.96 bits per heavy atom. The van der Waals surface area contributed by atoms with Crippen LogP contribution in [0.4, 0.5) is 5.69 Å². The lowest BCUT2D eigenvalue weighted by molar-refractivity contribution is 0.189. The average Bonchev–Trinajstić information content (AvgIpc) is 2.49. The van der Waals surface area contributed by atoms with E-state index in [4.69, 9.17) is 4.74 Å². The molecule has 1 N–H and O–H groups in total. The molecule has 122 valence electrons. The van der Waals surface area contributed by atoms with Crippen molar-refractivity contribution in [1.82, 2.24) is 0 Å². The molecule has 0 spiro atoms. The molecule has 0 aromatic heterocycles. The Morgan fingerprint density at radius 1 is 1.17 bits per heavy atom. The number of rotatable bonds is 3. The first-order valence-electron chi connectivity index (χ1n) is 8.26. The van der Waals surface area contributed by atoms with Gasteiger partial charge in [0.15, 0.2) is 0 Å². The molecule has 1 aliphatic rings. The Labute approximate surface area is 138 Å². The van der Waals surface area contributed by atoms with Gasteiger partial charge in [-0.15, -0.1) is 0 Å². The van der Waals surface area contributed by atoms with Crippen molar-refractivity contribution in [3.8, 4) is 11.5 Å². The summed E-state index contributed by atoms with van der Waals surface area (Å²) in [6.45, 7) is 9.52. The first-order valence-corrected chi connectivity index (χ1v) is 8.26. The molecule has 0 saturated heterocycles. The second-order valence-corrected chi connectivity index (χ2v) is 6.77. The zero-order valence-electron chi connectivity index (χ0n) is 14.3. The van der Waals surface area contributed by atoms with Crippen molar-refractivity contribution in [3.05, 3.63) is 53.1 Å². The van der Waals surface area contributed by atoms with Crippen molar-refractivity contribution in [1.29, 1.82) is 0 Å². The molecule has 3 rings (SSSR count). The van der Waals surface area contributed by atoms with Crippen LogP contribution in [0.15, 0.2) is 36.4 Å². The highest BCUT2D eigenvalue weighted by Crippen LogP contribution is 2.37. The lowest BCUT2D eigenvalue weighted by Crippen LogP contribution is -2.44. The fourth-order valence-corrected chi connectivity index (χ4v) is 3.23. The van der Waals surface area contributed by atoms with Gasteiger partial charge >= 0.3 is 0 Å². The molecule has 0 saturated carbocycles. The second-order valence-electron chi connectivity index (χ2n) is 6.77. The van der Waals surface area contributed by atoms with Crippen LogP contribution >= 0.6 is 0 Å². The maximum absolute atomic E-state index is 9.77. The van der Waals surface area contributed by atoms with Crippen molar-refractivity contribution in [2.75, 3.05) is 11.4 Å². The molecular formula is C20H25NO2. The molecule has 1 atom stereocenters. The fraction of sp³-hybridized carbons (Fsp3) is 0.400. The zero-order valence-corrected chi connectivity index (χ0v) is 14.3. The van der Waals surface area contributed by atoms with Crippen molar-refractivity contribution in [2.45, 2.75) is 46.3 Å². The summed E-state index contributed by atoms with van der Waals surface area (Å²) < 4.78 is 6.19. The van der Waals surface area contributed by atoms with E-state index in [1.807, 2.05) is 6.07 Å². The molecule has 1 heterocycles. The number of aromatic hydroxyl groups is 1. The first kappa shape index (κ1) is 15.7. The molecule has 0 fully saturated rings. The van der Waals surface area contributed by atoms with Gasteiger partial charge in [0.2, 0.25) is 0 Å². The molecule has 23 heavy (non-hydrogen) atoms. The summed E-state index contributed by atoms with van der Waals surface area (Å²) >= 11 is 0. The largest absolute Gasteiger partial charge is 0.508 e.